The average Bonchev–Trinajstić information content (AvgIpc) is 2.26. The summed E-state index contributed by atoms with van der Waals surface area (Å²) in [6.07, 6.45) is 1.84. The van der Waals surface area contributed by atoms with Gasteiger partial charge in [0.05, 0.1) is 5.69 Å². The first-order valence-electron chi connectivity index (χ1n) is 5.01. The Kier molecular flexibility index (Phi) is 4.56. The van der Waals surface area contributed by atoms with Crippen molar-refractivity contribution >= 4 is 0 Å². The van der Waals surface area contributed by atoms with Crippen LogP contribution < -0.4 is 5.32 Å². The van der Waals surface area contributed by atoms with Crippen molar-refractivity contribution in [3.63, 3.8) is 0 Å². The quantitative estimate of drug-likeness (QED) is 0.764. The van der Waals surface area contributed by atoms with Crippen molar-refractivity contribution in [1.82, 2.24) is 15.2 Å². The van der Waals surface area contributed by atoms with Gasteiger partial charge in [0.1, 0.15) is 0 Å². The zero-order valence-electron chi connectivity index (χ0n) is 9.20. The Morgan fingerprint density at radius 1 is 1.50 bits per heavy atom. The molecule has 0 radical (unpaired) electrons. The van der Waals surface area contributed by atoms with E-state index in [4.69, 9.17) is 0 Å². The van der Waals surface area contributed by atoms with Crippen molar-refractivity contribution in [2.45, 2.75) is 13.0 Å². The molecule has 0 spiro atoms. The zero-order chi connectivity index (χ0) is 10.4. The van der Waals surface area contributed by atoms with Crippen LogP contribution in [0, 0.1) is 0 Å². The summed E-state index contributed by atoms with van der Waals surface area (Å²) in [4.78, 5) is 6.64. The molecule has 0 bridgehead atoms. The summed E-state index contributed by atoms with van der Waals surface area (Å²) in [5, 5.41) is 3.14. The normalized spacial score (nSPS) is 13.1. The number of hydrogen-bond acceptors (Lipinski definition) is 3. The smallest absolute Gasteiger partial charge is 0.0572 e. The maximum absolute atomic E-state index is 4.35. The molecule has 0 aliphatic rings. The van der Waals surface area contributed by atoms with Crippen LogP contribution in [0.25, 0.3) is 0 Å². The standard InChI is InChI=1S/C11H19N3/c1-10(14(3)9-8-12-2)11-6-4-5-7-13-11/h4-7,10,12H,8-9H2,1-3H3. The molecule has 78 valence electrons. The number of aromatic nitrogens is 1. The first-order chi connectivity index (χ1) is 6.75. The third kappa shape index (κ3) is 3.09. The third-order valence-electron chi connectivity index (χ3n) is 2.49. The van der Waals surface area contributed by atoms with Crippen LogP contribution in [0.5, 0.6) is 0 Å². The fourth-order valence-electron chi connectivity index (χ4n) is 1.33. The summed E-state index contributed by atoms with van der Waals surface area (Å²) in [7, 11) is 4.09. The second kappa shape index (κ2) is 5.73. The molecule has 0 amide bonds. The molecule has 0 aliphatic heterocycles. The number of likely N-dealkylation sites (N-methyl/N-ethyl adjacent to an activating group) is 2. The highest BCUT2D eigenvalue weighted by molar-refractivity contribution is 5.07. The van der Waals surface area contributed by atoms with Gasteiger partial charge in [0.15, 0.2) is 0 Å². The summed E-state index contributed by atoms with van der Waals surface area (Å²) in [6.45, 7) is 4.22. The summed E-state index contributed by atoms with van der Waals surface area (Å²) in [6, 6.07) is 6.43. The Bertz CT molecular complexity index is 248. The van der Waals surface area contributed by atoms with E-state index in [0.717, 1.165) is 18.8 Å². The topological polar surface area (TPSA) is 28.2 Å². The molecule has 0 saturated heterocycles. The van der Waals surface area contributed by atoms with Gasteiger partial charge in [0.25, 0.3) is 0 Å². The van der Waals surface area contributed by atoms with E-state index in [1.165, 1.54) is 0 Å². The summed E-state index contributed by atoms with van der Waals surface area (Å²) in [5.41, 5.74) is 1.13. The molecule has 1 heterocycles. The highest BCUT2D eigenvalue weighted by Gasteiger charge is 2.10. The van der Waals surface area contributed by atoms with Crippen LogP contribution in [0.2, 0.25) is 0 Å². The first-order valence-corrected chi connectivity index (χ1v) is 5.01. The second-order valence-corrected chi connectivity index (χ2v) is 3.51. The Hall–Kier alpha value is -0.930. The highest BCUT2D eigenvalue weighted by atomic mass is 15.1. The van der Waals surface area contributed by atoms with E-state index in [-0.39, 0.29) is 0 Å². The minimum atomic E-state index is 0.379. The molecule has 1 N–H and O–H groups in total. The molecule has 14 heavy (non-hydrogen) atoms. The SMILES string of the molecule is CNCCN(C)C(C)c1ccccn1. The molecule has 1 aromatic rings. The monoisotopic (exact) mass is 193 g/mol. The van der Waals surface area contributed by atoms with Crippen LogP contribution in [-0.2, 0) is 0 Å². The van der Waals surface area contributed by atoms with Gasteiger partial charge in [-0.25, -0.2) is 0 Å². The number of nitrogens with zero attached hydrogens (tertiary/aromatic N) is 2. The molecule has 3 heteroatoms. The van der Waals surface area contributed by atoms with E-state index in [9.17, 15) is 0 Å². The van der Waals surface area contributed by atoms with Crippen molar-refractivity contribution in [2.75, 3.05) is 27.2 Å². The van der Waals surface area contributed by atoms with Crippen molar-refractivity contribution < 1.29 is 0 Å². The van der Waals surface area contributed by atoms with Crippen molar-refractivity contribution in [3.05, 3.63) is 30.1 Å². The molecule has 0 fully saturated rings. The van der Waals surface area contributed by atoms with Crippen LogP contribution in [0.15, 0.2) is 24.4 Å². The lowest BCUT2D eigenvalue weighted by Gasteiger charge is -2.23. The van der Waals surface area contributed by atoms with E-state index >= 15 is 0 Å². The van der Waals surface area contributed by atoms with Crippen LogP contribution >= 0.6 is 0 Å². The minimum Gasteiger partial charge on any atom is -0.318 e. The third-order valence-corrected chi connectivity index (χ3v) is 2.49. The van der Waals surface area contributed by atoms with Gasteiger partial charge in [0, 0.05) is 25.3 Å². The molecule has 1 atom stereocenters. The van der Waals surface area contributed by atoms with Crippen molar-refractivity contribution in [3.8, 4) is 0 Å². The molecule has 1 unspecified atom stereocenters. The van der Waals surface area contributed by atoms with E-state index in [1.807, 2.05) is 25.4 Å². The van der Waals surface area contributed by atoms with Gasteiger partial charge >= 0.3 is 0 Å². The minimum absolute atomic E-state index is 0.379. The van der Waals surface area contributed by atoms with Crippen molar-refractivity contribution in [2.24, 2.45) is 0 Å². The van der Waals surface area contributed by atoms with E-state index in [2.05, 4.69) is 35.2 Å². The molecule has 1 aromatic heterocycles. The van der Waals surface area contributed by atoms with Crippen molar-refractivity contribution in [1.29, 1.82) is 0 Å². The number of pyridine rings is 1. The lowest BCUT2D eigenvalue weighted by molar-refractivity contribution is 0.259. The Labute approximate surface area is 86.2 Å². The fraction of sp³-hybridized carbons (Fsp3) is 0.545. The van der Waals surface area contributed by atoms with E-state index < -0.39 is 0 Å². The van der Waals surface area contributed by atoms with Gasteiger partial charge in [-0.05, 0) is 33.2 Å². The summed E-state index contributed by atoms with van der Waals surface area (Å²) in [5.74, 6) is 0. The molecular formula is C11H19N3. The maximum atomic E-state index is 4.35. The predicted octanol–water partition coefficient (Wildman–Crippen LogP) is 1.29. The van der Waals surface area contributed by atoms with Crippen LogP contribution in [-0.4, -0.2) is 37.1 Å². The van der Waals surface area contributed by atoms with Crippen LogP contribution in [0.3, 0.4) is 0 Å². The maximum Gasteiger partial charge on any atom is 0.0572 e. The largest absolute Gasteiger partial charge is 0.318 e. The molecular weight excluding hydrogens is 174 g/mol. The van der Waals surface area contributed by atoms with Gasteiger partial charge in [-0.1, -0.05) is 6.07 Å². The van der Waals surface area contributed by atoms with Gasteiger partial charge in [-0.3, -0.25) is 9.88 Å². The fourth-order valence-corrected chi connectivity index (χ4v) is 1.33. The van der Waals surface area contributed by atoms with Crippen LogP contribution in [0.1, 0.15) is 18.7 Å². The number of hydrogen-bond donors (Lipinski definition) is 1. The van der Waals surface area contributed by atoms with Gasteiger partial charge in [-0.15, -0.1) is 0 Å². The van der Waals surface area contributed by atoms with Gasteiger partial charge in [-0.2, -0.15) is 0 Å². The molecule has 0 aliphatic carbocycles. The molecule has 0 aromatic carbocycles. The average molecular weight is 193 g/mol. The number of nitrogens with one attached hydrogen (secondary N) is 1. The lowest BCUT2D eigenvalue weighted by atomic mass is 10.2. The van der Waals surface area contributed by atoms with Gasteiger partial charge < -0.3 is 5.32 Å². The summed E-state index contributed by atoms with van der Waals surface area (Å²) >= 11 is 0. The highest BCUT2D eigenvalue weighted by Crippen LogP contribution is 2.14. The van der Waals surface area contributed by atoms with E-state index in [0.29, 0.717) is 6.04 Å². The van der Waals surface area contributed by atoms with Gasteiger partial charge in [0.2, 0.25) is 0 Å². The zero-order valence-corrected chi connectivity index (χ0v) is 9.20. The molecule has 3 nitrogen and oxygen atoms in total. The Morgan fingerprint density at radius 2 is 2.29 bits per heavy atom. The van der Waals surface area contributed by atoms with E-state index in [1.54, 1.807) is 0 Å². The predicted molar refractivity (Wildman–Crippen MR) is 59.2 cm³/mol. The molecule has 0 saturated carbocycles. The Balaban J connectivity index is 2.52. The lowest BCUT2D eigenvalue weighted by Crippen LogP contribution is -2.30. The Morgan fingerprint density at radius 3 is 2.86 bits per heavy atom. The number of rotatable bonds is 5. The van der Waals surface area contributed by atoms with Crippen LogP contribution in [0.4, 0.5) is 0 Å². The first kappa shape index (κ1) is 11.1. The second-order valence-electron chi connectivity index (χ2n) is 3.51. The molecule has 1 rings (SSSR count). The summed E-state index contributed by atoms with van der Waals surface area (Å²) < 4.78 is 0.